The van der Waals surface area contributed by atoms with Crippen molar-refractivity contribution in [2.45, 2.75) is 0 Å². The lowest BCUT2D eigenvalue weighted by Crippen LogP contribution is -2.45. The summed E-state index contributed by atoms with van der Waals surface area (Å²) in [7, 11) is 4.11. The molecule has 0 aliphatic carbocycles. The van der Waals surface area contributed by atoms with Gasteiger partial charge in [0.25, 0.3) is 0 Å². The molecule has 1 saturated heterocycles. The van der Waals surface area contributed by atoms with Gasteiger partial charge in [-0.25, -0.2) is 9.97 Å². The zero-order chi connectivity index (χ0) is 15.5. The average molecular weight is 298 g/mol. The van der Waals surface area contributed by atoms with Crippen LogP contribution in [0.25, 0.3) is 0 Å². The molecule has 22 heavy (non-hydrogen) atoms. The first-order valence-electron chi connectivity index (χ1n) is 7.49. The molecule has 1 aromatic heterocycles. The number of piperazine rings is 1. The van der Waals surface area contributed by atoms with Gasteiger partial charge >= 0.3 is 0 Å². The van der Waals surface area contributed by atoms with Crippen LogP contribution in [-0.2, 0) is 0 Å². The molecule has 1 aliphatic heterocycles. The van der Waals surface area contributed by atoms with Crippen LogP contribution < -0.4 is 15.5 Å². The van der Waals surface area contributed by atoms with E-state index in [2.05, 4.69) is 26.8 Å². The molecule has 0 unspecified atom stereocenters. The summed E-state index contributed by atoms with van der Waals surface area (Å²) in [5.74, 6) is 1.58. The van der Waals surface area contributed by atoms with Crippen LogP contribution in [0.2, 0.25) is 0 Å². The van der Waals surface area contributed by atoms with Gasteiger partial charge < -0.3 is 20.4 Å². The van der Waals surface area contributed by atoms with E-state index in [1.165, 1.54) is 0 Å². The molecule has 0 atom stereocenters. The van der Waals surface area contributed by atoms with E-state index in [0.717, 1.165) is 43.5 Å². The molecule has 0 spiro atoms. The van der Waals surface area contributed by atoms with Crippen molar-refractivity contribution in [2.75, 3.05) is 55.8 Å². The van der Waals surface area contributed by atoms with E-state index in [9.17, 15) is 0 Å². The number of aromatic nitrogens is 2. The van der Waals surface area contributed by atoms with E-state index >= 15 is 0 Å². The van der Waals surface area contributed by atoms with Crippen LogP contribution in [0.1, 0.15) is 0 Å². The summed E-state index contributed by atoms with van der Waals surface area (Å²) < 4.78 is 0. The molecule has 0 bridgehead atoms. The number of nitrogens with two attached hydrogens (primary N) is 1. The summed E-state index contributed by atoms with van der Waals surface area (Å²) in [4.78, 5) is 15.3. The van der Waals surface area contributed by atoms with Crippen molar-refractivity contribution in [3.8, 4) is 0 Å². The fraction of sp³-hybridized carbons (Fsp3) is 0.375. The molecule has 1 aromatic carbocycles. The highest BCUT2D eigenvalue weighted by atomic mass is 15.3. The highest BCUT2D eigenvalue weighted by Crippen LogP contribution is 2.32. The van der Waals surface area contributed by atoms with Gasteiger partial charge in [-0.15, -0.1) is 0 Å². The first-order valence-corrected chi connectivity index (χ1v) is 7.49. The smallest absolute Gasteiger partial charge is 0.161 e. The highest BCUT2D eigenvalue weighted by molar-refractivity contribution is 5.79. The van der Waals surface area contributed by atoms with E-state index < -0.39 is 0 Å². The predicted octanol–water partition coefficient (Wildman–Crippen LogP) is 1.58. The number of anilines is 4. The maximum atomic E-state index is 6.37. The summed E-state index contributed by atoms with van der Waals surface area (Å²) in [5, 5.41) is 0. The van der Waals surface area contributed by atoms with Gasteiger partial charge in [-0.05, 0) is 19.2 Å². The Morgan fingerprint density at radius 2 is 1.73 bits per heavy atom. The van der Waals surface area contributed by atoms with E-state index in [1.807, 2.05) is 42.3 Å². The van der Waals surface area contributed by atoms with Crippen LogP contribution in [0.4, 0.5) is 23.0 Å². The average Bonchev–Trinajstić information content (AvgIpc) is 2.56. The van der Waals surface area contributed by atoms with Crippen molar-refractivity contribution < 1.29 is 0 Å². The summed E-state index contributed by atoms with van der Waals surface area (Å²) in [6.07, 6.45) is 1.60. The SMILES string of the molecule is CN1CCN(c2ncnc(N(C)c3ccccc3)c2N)CC1. The second-order valence-electron chi connectivity index (χ2n) is 5.62. The number of hydrogen-bond acceptors (Lipinski definition) is 6. The minimum Gasteiger partial charge on any atom is -0.393 e. The minimum atomic E-state index is 0.637. The Kier molecular flexibility index (Phi) is 4.11. The molecule has 116 valence electrons. The van der Waals surface area contributed by atoms with Gasteiger partial charge in [-0.3, -0.25) is 0 Å². The molecule has 2 N–H and O–H groups in total. The van der Waals surface area contributed by atoms with Gasteiger partial charge in [0, 0.05) is 38.9 Å². The number of hydrogen-bond donors (Lipinski definition) is 1. The normalized spacial score (nSPS) is 15.8. The van der Waals surface area contributed by atoms with Crippen LogP contribution in [0.15, 0.2) is 36.7 Å². The maximum Gasteiger partial charge on any atom is 0.161 e. The largest absolute Gasteiger partial charge is 0.393 e. The van der Waals surface area contributed by atoms with Crippen LogP contribution in [0, 0.1) is 0 Å². The van der Waals surface area contributed by atoms with E-state index in [4.69, 9.17) is 5.73 Å². The van der Waals surface area contributed by atoms with E-state index in [-0.39, 0.29) is 0 Å². The lowest BCUT2D eigenvalue weighted by atomic mass is 10.2. The van der Waals surface area contributed by atoms with Gasteiger partial charge in [0.1, 0.15) is 12.0 Å². The van der Waals surface area contributed by atoms with Gasteiger partial charge in [0.15, 0.2) is 11.6 Å². The Balaban J connectivity index is 1.89. The molecule has 2 aromatic rings. The van der Waals surface area contributed by atoms with Crippen molar-refractivity contribution in [1.29, 1.82) is 0 Å². The number of likely N-dealkylation sites (N-methyl/N-ethyl adjacent to an activating group) is 1. The van der Waals surface area contributed by atoms with Crippen LogP contribution in [-0.4, -0.2) is 55.1 Å². The fourth-order valence-electron chi connectivity index (χ4n) is 2.69. The Bertz CT molecular complexity index is 622. The van der Waals surface area contributed by atoms with Crippen molar-refractivity contribution in [1.82, 2.24) is 14.9 Å². The number of nitrogen functional groups attached to an aromatic ring is 1. The van der Waals surface area contributed by atoms with Gasteiger partial charge in [-0.2, -0.15) is 0 Å². The van der Waals surface area contributed by atoms with Gasteiger partial charge in [0.2, 0.25) is 0 Å². The lowest BCUT2D eigenvalue weighted by Gasteiger charge is -2.34. The quantitative estimate of drug-likeness (QED) is 0.928. The molecule has 2 heterocycles. The molecule has 3 rings (SSSR count). The van der Waals surface area contributed by atoms with Crippen LogP contribution in [0.3, 0.4) is 0 Å². The third-order valence-electron chi connectivity index (χ3n) is 4.11. The summed E-state index contributed by atoms with van der Waals surface area (Å²) in [5.41, 5.74) is 8.06. The number of nitrogens with zero attached hydrogens (tertiary/aromatic N) is 5. The molecule has 0 saturated carbocycles. The summed E-state index contributed by atoms with van der Waals surface area (Å²) in [6.45, 7) is 3.92. The highest BCUT2D eigenvalue weighted by Gasteiger charge is 2.21. The molecular weight excluding hydrogens is 276 g/mol. The third kappa shape index (κ3) is 2.82. The second-order valence-corrected chi connectivity index (χ2v) is 5.62. The number of para-hydroxylation sites is 1. The van der Waals surface area contributed by atoms with Gasteiger partial charge in [0.05, 0.1) is 0 Å². The summed E-state index contributed by atoms with van der Waals surface area (Å²) >= 11 is 0. The summed E-state index contributed by atoms with van der Waals surface area (Å²) in [6, 6.07) is 10.1. The predicted molar refractivity (Wildman–Crippen MR) is 90.7 cm³/mol. The van der Waals surface area contributed by atoms with Crippen molar-refractivity contribution >= 4 is 23.0 Å². The zero-order valence-corrected chi connectivity index (χ0v) is 13.1. The minimum absolute atomic E-state index is 0.637. The standard InChI is InChI=1S/C16H22N6/c1-20-8-10-22(11-9-20)16-14(17)15(18-12-19-16)21(2)13-6-4-3-5-7-13/h3-7,12H,8-11,17H2,1-2H3. The van der Waals surface area contributed by atoms with Crippen molar-refractivity contribution in [3.05, 3.63) is 36.7 Å². The Hall–Kier alpha value is -2.34. The molecule has 0 radical (unpaired) electrons. The lowest BCUT2D eigenvalue weighted by molar-refractivity contribution is 0.312. The molecule has 6 nitrogen and oxygen atoms in total. The zero-order valence-electron chi connectivity index (χ0n) is 13.1. The first kappa shape index (κ1) is 14.6. The van der Waals surface area contributed by atoms with Crippen molar-refractivity contribution in [3.63, 3.8) is 0 Å². The first-order chi connectivity index (χ1) is 10.7. The molecule has 6 heteroatoms. The molecule has 1 fully saturated rings. The number of benzene rings is 1. The van der Waals surface area contributed by atoms with Crippen LogP contribution >= 0.6 is 0 Å². The van der Waals surface area contributed by atoms with E-state index in [0.29, 0.717) is 5.69 Å². The molecular formula is C16H22N6. The van der Waals surface area contributed by atoms with Gasteiger partial charge in [-0.1, -0.05) is 18.2 Å². The Morgan fingerprint density at radius 1 is 1.05 bits per heavy atom. The second kappa shape index (κ2) is 6.19. The Morgan fingerprint density at radius 3 is 2.41 bits per heavy atom. The van der Waals surface area contributed by atoms with Crippen molar-refractivity contribution in [2.24, 2.45) is 0 Å². The topological polar surface area (TPSA) is 61.5 Å². The monoisotopic (exact) mass is 298 g/mol. The maximum absolute atomic E-state index is 6.37. The Labute approximate surface area is 131 Å². The fourth-order valence-corrected chi connectivity index (χ4v) is 2.69. The van der Waals surface area contributed by atoms with E-state index in [1.54, 1.807) is 6.33 Å². The number of rotatable bonds is 3. The van der Waals surface area contributed by atoms with Crippen LogP contribution in [0.5, 0.6) is 0 Å². The third-order valence-corrected chi connectivity index (χ3v) is 4.11. The molecule has 0 amide bonds. The molecule has 1 aliphatic rings.